The topological polar surface area (TPSA) is 0 Å². The van der Waals surface area contributed by atoms with Crippen molar-refractivity contribution in [2.75, 3.05) is 0 Å². The van der Waals surface area contributed by atoms with Crippen molar-refractivity contribution in [2.45, 2.75) is 23.2 Å². The molecule has 0 heterocycles. The molecule has 2 heteroatoms. The van der Waals surface area contributed by atoms with Crippen LogP contribution >= 0.6 is 22.6 Å². The van der Waals surface area contributed by atoms with Crippen molar-refractivity contribution in [3.8, 4) is 0 Å². The van der Waals surface area contributed by atoms with Gasteiger partial charge in [0.25, 0.3) is 0 Å². The van der Waals surface area contributed by atoms with Gasteiger partial charge in [-0.3, -0.25) is 0 Å². The zero-order valence-electron chi connectivity index (χ0n) is 6.90. The first kappa shape index (κ1) is 8.48. The van der Waals surface area contributed by atoms with Gasteiger partial charge >= 0.3 is 0 Å². The van der Waals surface area contributed by atoms with Gasteiger partial charge < -0.3 is 0 Å². The van der Waals surface area contributed by atoms with Gasteiger partial charge in [-0.2, -0.15) is 0 Å². The SMILES string of the molecule is CC1(I)Cc2ccc(F)cc2C1. The molecule has 0 bridgehead atoms. The first-order chi connectivity index (χ1) is 5.57. The van der Waals surface area contributed by atoms with Crippen LogP contribution in [0.4, 0.5) is 4.39 Å². The second-order valence-corrected chi connectivity index (χ2v) is 6.28. The minimum atomic E-state index is -0.108. The van der Waals surface area contributed by atoms with Gasteiger partial charge in [0.1, 0.15) is 5.82 Å². The Morgan fingerprint density at radius 1 is 1.33 bits per heavy atom. The fraction of sp³-hybridized carbons (Fsp3) is 0.400. The Hall–Kier alpha value is -0.120. The maximum absolute atomic E-state index is 12.8. The third-order valence-corrected chi connectivity index (χ3v) is 3.05. The van der Waals surface area contributed by atoms with Gasteiger partial charge in [0.2, 0.25) is 0 Å². The van der Waals surface area contributed by atoms with Gasteiger partial charge in [0.05, 0.1) is 0 Å². The van der Waals surface area contributed by atoms with Crippen LogP contribution in [-0.2, 0) is 12.8 Å². The third kappa shape index (κ3) is 1.49. The summed E-state index contributed by atoms with van der Waals surface area (Å²) >= 11 is 2.45. The van der Waals surface area contributed by atoms with E-state index in [2.05, 4.69) is 29.5 Å². The van der Waals surface area contributed by atoms with Crippen LogP contribution in [0, 0.1) is 5.82 Å². The second-order valence-electron chi connectivity index (χ2n) is 3.68. The van der Waals surface area contributed by atoms with Crippen LogP contribution in [0.1, 0.15) is 18.1 Å². The molecule has 0 aromatic heterocycles. The van der Waals surface area contributed by atoms with E-state index in [1.807, 2.05) is 6.07 Å². The average Bonchev–Trinajstić information content (AvgIpc) is 2.21. The Balaban J connectivity index is 2.43. The Bertz CT molecular complexity index is 318. The summed E-state index contributed by atoms with van der Waals surface area (Å²) in [4.78, 5) is 0. The van der Waals surface area contributed by atoms with E-state index in [0.717, 1.165) is 12.8 Å². The maximum atomic E-state index is 12.8. The highest BCUT2D eigenvalue weighted by atomic mass is 127. The van der Waals surface area contributed by atoms with Crippen molar-refractivity contribution < 1.29 is 4.39 Å². The summed E-state index contributed by atoms with van der Waals surface area (Å²) in [5, 5.41) is 0. The molecule has 0 spiro atoms. The summed E-state index contributed by atoms with van der Waals surface area (Å²) in [6.07, 6.45) is 2.07. The summed E-state index contributed by atoms with van der Waals surface area (Å²) in [6, 6.07) is 5.13. The van der Waals surface area contributed by atoms with Crippen molar-refractivity contribution in [3.63, 3.8) is 0 Å². The van der Waals surface area contributed by atoms with Crippen LogP contribution in [0.15, 0.2) is 18.2 Å². The van der Waals surface area contributed by atoms with Crippen molar-refractivity contribution in [2.24, 2.45) is 0 Å². The lowest BCUT2D eigenvalue weighted by Crippen LogP contribution is -2.13. The van der Waals surface area contributed by atoms with Crippen molar-refractivity contribution >= 4 is 22.6 Å². The first-order valence-corrected chi connectivity index (χ1v) is 5.11. The molecule has 1 aliphatic carbocycles. The highest BCUT2D eigenvalue weighted by Crippen LogP contribution is 2.36. The number of alkyl halides is 1. The molecular formula is C10H10FI. The van der Waals surface area contributed by atoms with Crippen LogP contribution in [0.3, 0.4) is 0 Å². The maximum Gasteiger partial charge on any atom is 0.123 e. The molecule has 0 fully saturated rings. The second kappa shape index (κ2) is 2.69. The van der Waals surface area contributed by atoms with Crippen LogP contribution < -0.4 is 0 Å². The largest absolute Gasteiger partial charge is 0.207 e. The highest BCUT2D eigenvalue weighted by molar-refractivity contribution is 14.1. The molecule has 0 radical (unpaired) electrons. The fourth-order valence-electron chi connectivity index (χ4n) is 1.79. The van der Waals surface area contributed by atoms with Crippen molar-refractivity contribution in [1.29, 1.82) is 0 Å². The molecule has 0 nitrogen and oxygen atoms in total. The van der Waals surface area contributed by atoms with E-state index < -0.39 is 0 Å². The summed E-state index contributed by atoms with van der Waals surface area (Å²) in [5.74, 6) is -0.108. The van der Waals surface area contributed by atoms with Gasteiger partial charge in [-0.15, -0.1) is 0 Å². The normalized spacial score (nSPS) is 27.2. The molecular weight excluding hydrogens is 266 g/mol. The fourth-order valence-corrected chi connectivity index (χ4v) is 2.61. The van der Waals surface area contributed by atoms with Crippen LogP contribution in [0.2, 0.25) is 0 Å². The molecule has 0 aliphatic heterocycles. The van der Waals surface area contributed by atoms with E-state index in [9.17, 15) is 4.39 Å². The van der Waals surface area contributed by atoms with Gasteiger partial charge in [0, 0.05) is 3.42 Å². The van der Waals surface area contributed by atoms with E-state index in [4.69, 9.17) is 0 Å². The Labute approximate surface area is 85.3 Å². The number of fused-ring (bicyclic) bond motifs is 1. The Morgan fingerprint density at radius 2 is 2.00 bits per heavy atom. The molecule has 1 unspecified atom stereocenters. The molecule has 2 rings (SSSR count). The lowest BCUT2D eigenvalue weighted by atomic mass is 10.1. The van der Waals surface area contributed by atoms with Gasteiger partial charge in [-0.25, -0.2) is 4.39 Å². The summed E-state index contributed by atoms with van der Waals surface area (Å²) in [5.41, 5.74) is 2.50. The zero-order valence-corrected chi connectivity index (χ0v) is 9.06. The molecule has 1 aromatic rings. The third-order valence-electron chi connectivity index (χ3n) is 2.29. The van der Waals surface area contributed by atoms with E-state index in [1.54, 1.807) is 12.1 Å². The lowest BCUT2D eigenvalue weighted by Gasteiger charge is -2.12. The molecule has 1 aliphatic rings. The van der Waals surface area contributed by atoms with Crippen molar-refractivity contribution in [3.05, 3.63) is 35.1 Å². The summed E-state index contributed by atoms with van der Waals surface area (Å²) in [6.45, 7) is 2.21. The van der Waals surface area contributed by atoms with Crippen LogP contribution in [0.25, 0.3) is 0 Å². The van der Waals surface area contributed by atoms with E-state index in [0.29, 0.717) is 3.42 Å². The Morgan fingerprint density at radius 3 is 2.75 bits per heavy atom. The average molecular weight is 276 g/mol. The quantitative estimate of drug-likeness (QED) is 0.504. The standard InChI is InChI=1S/C10H10FI/c1-10(12)5-7-2-3-9(11)4-8(7)6-10/h2-4H,5-6H2,1H3. The van der Waals surface area contributed by atoms with E-state index >= 15 is 0 Å². The molecule has 1 aromatic carbocycles. The molecule has 12 heavy (non-hydrogen) atoms. The highest BCUT2D eigenvalue weighted by Gasteiger charge is 2.29. The summed E-state index contributed by atoms with van der Waals surface area (Å²) in [7, 11) is 0. The molecule has 1 atom stereocenters. The van der Waals surface area contributed by atoms with Crippen LogP contribution in [-0.4, -0.2) is 3.42 Å². The predicted octanol–water partition coefficient (Wildman–Crippen LogP) is 3.12. The number of hydrogen-bond donors (Lipinski definition) is 0. The molecule has 0 saturated carbocycles. The smallest absolute Gasteiger partial charge is 0.123 e. The predicted molar refractivity (Wildman–Crippen MR) is 56.2 cm³/mol. The van der Waals surface area contributed by atoms with Crippen LogP contribution in [0.5, 0.6) is 0 Å². The molecule has 0 amide bonds. The first-order valence-electron chi connectivity index (χ1n) is 4.03. The minimum Gasteiger partial charge on any atom is -0.207 e. The zero-order chi connectivity index (χ0) is 8.77. The number of benzene rings is 1. The molecule has 0 saturated heterocycles. The van der Waals surface area contributed by atoms with Gasteiger partial charge in [-0.05, 0) is 43.0 Å². The minimum absolute atomic E-state index is 0.108. The monoisotopic (exact) mass is 276 g/mol. The lowest BCUT2D eigenvalue weighted by molar-refractivity contribution is 0.625. The molecule has 0 N–H and O–H groups in total. The van der Waals surface area contributed by atoms with Crippen molar-refractivity contribution in [1.82, 2.24) is 0 Å². The summed E-state index contributed by atoms with van der Waals surface area (Å²) < 4.78 is 13.1. The van der Waals surface area contributed by atoms with E-state index in [1.165, 1.54) is 11.1 Å². The number of halogens is 2. The van der Waals surface area contributed by atoms with Gasteiger partial charge in [-0.1, -0.05) is 28.7 Å². The number of hydrogen-bond acceptors (Lipinski definition) is 0. The van der Waals surface area contributed by atoms with Gasteiger partial charge in [0.15, 0.2) is 0 Å². The Kier molecular flexibility index (Phi) is 1.90. The number of rotatable bonds is 0. The molecule has 64 valence electrons. The van der Waals surface area contributed by atoms with E-state index in [-0.39, 0.29) is 5.82 Å².